The lowest BCUT2D eigenvalue weighted by molar-refractivity contribution is 0.352. The van der Waals surface area contributed by atoms with Crippen molar-refractivity contribution in [2.45, 2.75) is 6.54 Å². The Kier molecular flexibility index (Phi) is 5.15. The van der Waals surface area contributed by atoms with Gasteiger partial charge in [-0.1, -0.05) is 27.5 Å². The van der Waals surface area contributed by atoms with Crippen LogP contribution in [0.5, 0.6) is 11.5 Å². The molecule has 2 rings (SSSR count). The first kappa shape index (κ1) is 15.0. The predicted octanol–water partition coefficient (Wildman–Crippen LogP) is 4.73. The lowest BCUT2D eigenvalue weighted by Crippen LogP contribution is -2.03. The lowest BCUT2D eigenvalue weighted by Gasteiger charge is -2.14. The fourth-order valence-electron chi connectivity index (χ4n) is 1.90. The van der Waals surface area contributed by atoms with Crippen molar-refractivity contribution >= 4 is 33.2 Å². The van der Waals surface area contributed by atoms with E-state index in [-0.39, 0.29) is 0 Å². The molecule has 2 aromatic rings. The van der Waals surface area contributed by atoms with Crippen molar-refractivity contribution in [1.82, 2.24) is 0 Å². The average Bonchev–Trinajstić information content (AvgIpc) is 2.46. The highest BCUT2D eigenvalue weighted by atomic mass is 79.9. The number of rotatable bonds is 5. The highest BCUT2D eigenvalue weighted by Crippen LogP contribution is 2.34. The van der Waals surface area contributed by atoms with Crippen LogP contribution in [0, 0.1) is 0 Å². The number of halogens is 2. The van der Waals surface area contributed by atoms with Gasteiger partial charge in [-0.3, -0.25) is 0 Å². The predicted molar refractivity (Wildman–Crippen MR) is 86.0 cm³/mol. The molecular formula is C15H15BrClNO2. The maximum atomic E-state index is 6.09. The first-order valence-corrected chi connectivity index (χ1v) is 7.21. The molecule has 0 bridgehead atoms. The molecule has 0 amide bonds. The summed E-state index contributed by atoms with van der Waals surface area (Å²) >= 11 is 9.50. The van der Waals surface area contributed by atoms with Crippen LogP contribution >= 0.6 is 27.5 Å². The van der Waals surface area contributed by atoms with Gasteiger partial charge in [0.15, 0.2) is 11.5 Å². The minimum absolute atomic E-state index is 0.599. The third-order valence-corrected chi connectivity index (χ3v) is 3.59. The van der Waals surface area contributed by atoms with Crippen molar-refractivity contribution in [3.8, 4) is 11.5 Å². The van der Waals surface area contributed by atoms with Gasteiger partial charge in [0.25, 0.3) is 0 Å². The van der Waals surface area contributed by atoms with Gasteiger partial charge in [-0.15, -0.1) is 0 Å². The Morgan fingerprint density at radius 1 is 1.10 bits per heavy atom. The Hall–Kier alpha value is -1.39. The van der Waals surface area contributed by atoms with Gasteiger partial charge in [-0.25, -0.2) is 0 Å². The molecule has 20 heavy (non-hydrogen) atoms. The second-order valence-electron chi connectivity index (χ2n) is 4.16. The maximum absolute atomic E-state index is 6.09. The molecule has 0 aromatic heterocycles. The second kappa shape index (κ2) is 6.86. The molecule has 0 saturated carbocycles. The molecule has 0 aliphatic carbocycles. The minimum Gasteiger partial charge on any atom is -0.493 e. The number of hydrogen-bond acceptors (Lipinski definition) is 3. The number of anilines is 1. The first-order chi connectivity index (χ1) is 9.63. The SMILES string of the molecule is COc1cc(Cl)cc(CNc2ccc(Br)cc2)c1OC. The van der Waals surface area contributed by atoms with E-state index in [1.807, 2.05) is 30.3 Å². The van der Waals surface area contributed by atoms with Crippen molar-refractivity contribution in [2.24, 2.45) is 0 Å². The normalized spacial score (nSPS) is 10.2. The molecule has 0 radical (unpaired) electrons. The summed E-state index contributed by atoms with van der Waals surface area (Å²) in [6.07, 6.45) is 0. The van der Waals surface area contributed by atoms with E-state index in [4.69, 9.17) is 21.1 Å². The monoisotopic (exact) mass is 355 g/mol. The highest BCUT2D eigenvalue weighted by Gasteiger charge is 2.11. The molecule has 0 saturated heterocycles. The Morgan fingerprint density at radius 3 is 2.40 bits per heavy atom. The van der Waals surface area contributed by atoms with Crippen LogP contribution in [0.1, 0.15) is 5.56 Å². The van der Waals surface area contributed by atoms with E-state index in [1.54, 1.807) is 20.3 Å². The van der Waals surface area contributed by atoms with Crippen LogP contribution in [-0.2, 0) is 6.54 Å². The summed E-state index contributed by atoms with van der Waals surface area (Å²) in [6, 6.07) is 11.6. The van der Waals surface area contributed by atoms with Gasteiger partial charge in [0.05, 0.1) is 14.2 Å². The fourth-order valence-corrected chi connectivity index (χ4v) is 2.40. The zero-order valence-electron chi connectivity index (χ0n) is 11.2. The molecule has 2 aromatic carbocycles. The zero-order chi connectivity index (χ0) is 14.5. The summed E-state index contributed by atoms with van der Waals surface area (Å²) in [5.41, 5.74) is 1.97. The molecule has 3 nitrogen and oxygen atoms in total. The molecule has 0 unspecified atom stereocenters. The molecule has 0 spiro atoms. The maximum Gasteiger partial charge on any atom is 0.165 e. The van der Waals surface area contributed by atoms with Crippen LogP contribution in [0.25, 0.3) is 0 Å². The van der Waals surface area contributed by atoms with Gasteiger partial charge in [-0.05, 0) is 30.3 Å². The van der Waals surface area contributed by atoms with E-state index < -0.39 is 0 Å². The smallest absolute Gasteiger partial charge is 0.165 e. The van der Waals surface area contributed by atoms with E-state index in [0.29, 0.717) is 23.1 Å². The Balaban J connectivity index is 2.20. The molecule has 106 valence electrons. The van der Waals surface area contributed by atoms with Gasteiger partial charge in [0, 0.05) is 33.4 Å². The number of ether oxygens (including phenoxy) is 2. The van der Waals surface area contributed by atoms with E-state index >= 15 is 0 Å². The number of benzene rings is 2. The van der Waals surface area contributed by atoms with E-state index in [2.05, 4.69) is 21.2 Å². The van der Waals surface area contributed by atoms with Crippen molar-refractivity contribution in [3.63, 3.8) is 0 Å². The largest absolute Gasteiger partial charge is 0.493 e. The summed E-state index contributed by atoms with van der Waals surface area (Å²) in [7, 11) is 3.22. The highest BCUT2D eigenvalue weighted by molar-refractivity contribution is 9.10. The van der Waals surface area contributed by atoms with E-state index in [1.165, 1.54) is 0 Å². The topological polar surface area (TPSA) is 30.5 Å². The third-order valence-electron chi connectivity index (χ3n) is 2.85. The minimum atomic E-state index is 0.599. The van der Waals surface area contributed by atoms with Crippen LogP contribution in [-0.4, -0.2) is 14.2 Å². The number of nitrogens with one attached hydrogen (secondary N) is 1. The summed E-state index contributed by atoms with van der Waals surface area (Å²) in [4.78, 5) is 0. The molecule has 5 heteroatoms. The van der Waals surface area contributed by atoms with Crippen molar-refractivity contribution in [3.05, 3.63) is 51.5 Å². The standard InChI is InChI=1S/C15H15BrClNO2/c1-19-14-8-12(17)7-10(15(14)20-2)9-18-13-5-3-11(16)4-6-13/h3-8,18H,9H2,1-2H3. The van der Waals surface area contributed by atoms with Crippen molar-refractivity contribution < 1.29 is 9.47 Å². The number of methoxy groups -OCH3 is 2. The van der Waals surface area contributed by atoms with Gasteiger partial charge in [0.2, 0.25) is 0 Å². The molecule has 0 heterocycles. The van der Waals surface area contributed by atoms with Gasteiger partial charge < -0.3 is 14.8 Å². The van der Waals surface area contributed by atoms with Gasteiger partial charge >= 0.3 is 0 Å². The Bertz CT molecular complexity index is 587. The summed E-state index contributed by atoms with van der Waals surface area (Å²) < 4.78 is 11.7. The lowest BCUT2D eigenvalue weighted by atomic mass is 10.1. The summed E-state index contributed by atoms with van der Waals surface area (Å²) in [5.74, 6) is 1.33. The van der Waals surface area contributed by atoms with E-state index in [9.17, 15) is 0 Å². The van der Waals surface area contributed by atoms with Crippen LogP contribution < -0.4 is 14.8 Å². The molecular weight excluding hydrogens is 342 g/mol. The van der Waals surface area contributed by atoms with Crippen LogP contribution in [0.15, 0.2) is 40.9 Å². The molecule has 0 aliphatic rings. The van der Waals surface area contributed by atoms with Crippen LogP contribution in [0.2, 0.25) is 5.02 Å². The first-order valence-electron chi connectivity index (χ1n) is 6.04. The molecule has 1 N–H and O–H groups in total. The Morgan fingerprint density at radius 2 is 1.80 bits per heavy atom. The Labute approximate surface area is 132 Å². The van der Waals surface area contributed by atoms with Crippen molar-refractivity contribution in [1.29, 1.82) is 0 Å². The summed E-state index contributed by atoms with van der Waals surface area (Å²) in [6.45, 7) is 0.599. The quantitative estimate of drug-likeness (QED) is 0.840. The van der Waals surface area contributed by atoms with Gasteiger partial charge in [-0.2, -0.15) is 0 Å². The zero-order valence-corrected chi connectivity index (χ0v) is 13.6. The molecule has 0 aliphatic heterocycles. The second-order valence-corrected chi connectivity index (χ2v) is 5.51. The average molecular weight is 357 g/mol. The number of hydrogen-bond donors (Lipinski definition) is 1. The summed E-state index contributed by atoms with van der Waals surface area (Å²) in [5, 5.41) is 3.95. The van der Waals surface area contributed by atoms with Crippen LogP contribution in [0.3, 0.4) is 0 Å². The fraction of sp³-hybridized carbons (Fsp3) is 0.200. The van der Waals surface area contributed by atoms with E-state index in [0.717, 1.165) is 15.7 Å². The molecule has 0 atom stereocenters. The molecule has 0 fully saturated rings. The van der Waals surface area contributed by atoms with Crippen molar-refractivity contribution in [2.75, 3.05) is 19.5 Å². The van der Waals surface area contributed by atoms with Crippen LogP contribution in [0.4, 0.5) is 5.69 Å². The third kappa shape index (κ3) is 3.58. The van der Waals surface area contributed by atoms with Gasteiger partial charge in [0.1, 0.15) is 0 Å².